The fourth-order valence-corrected chi connectivity index (χ4v) is 2.47. The lowest BCUT2D eigenvalue weighted by molar-refractivity contribution is -0.145. The molecule has 1 aromatic rings. The monoisotopic (exact) mass is 301 g/mol. The molecule has 1 aromatic carbocycles. The van der Waals surface area contributed by atoms with E-state index in [-0.39, 0.29) is 25.2 Å². The number of ether oxygens (including phenoxy) is 2. The van der Waals surface area contributed by atoms with Crippen molar-refractivity contribution < 1.29 is 19.1 Å². The number of carbonyl (C=O) groups is 2. The molecule has 0 radical (unpaired) electrons. The zero-order valence-electron chi connectivity index (χ0n) is 12.5. The Kier molecular flexibility index (Phi) is 4.13. The van der Waals surface area contributed by atoms with E-state index in [0.717, 1.165) is 24.2 Å². The average Bonchev–Trinajstić information content (AvgIpc) is 3.37. The number of benzene rings is 1. The van der Waals surface area contributed by atoms with E-state index in [1.807, 2.05) is 31.2 Å². The lowest BCUT2D eigenvalue weighted by Crippen LogP contribution is -2.37. The summed E-state index contributed by atoms with van der Waals surface area (Å²) < 4.78 is 10.6. The summed E-state index contributed by atoms with van der Waals surface area (Å²) in [6.45, 7) is 1.89. The van der Waals surface area contributed by atoms with Crippen LogP contribution >= 0.6 is 0 Å². The summed E-state index contributed by atoms with van der Waals surface area (Å²) in [7, 11) is 0. The number of rotatable bonds is 5. The van der Waals surface area contributed by atoms with Gasteiger partial charge in [0.05, 0.1) is 5.57 Å². The van der Waals surface area contributed by atoms with E-state index in [1.54, 1.807) is 6.08 Å². The van der Waals surface area contributed by atoms with Gasteiger partial charge in [-0.3, -0.25) is 4.79 Å². The van der Waals surface area contributed by atoms with Crippen molar-refractivity contribution in [3.05, 3.63) is 35.4 Å². The first-order chi connectivity index (χ1) is 10.6. The maximum absolute atomic E-state index is 12.0. The molecule has 1 atom stereocenters. The molecule has 1 aliphatic carbocycles. The van der Waals surface area contributed by atoms with E-state index in [4.69, 9.17) is 9.47 Å². The highest BCUT2D eigenvalue weighted by atomic mass is 16.5. The maximum Gasteiger partial charge on any atom is 0.338 e. The molecule has 3 rings (SSSR count). The van der Waals surface area contributed by atoms with Gasteiger partial charge in [0.25, 0.3) is 5.91 Å². The van der Waals surface area contributed by atoms with Crippen LogP contribution in [0.5, 0.6) is 5.75 Å². The molecule has 1 heterocycles. The standard InChI is InChI=1S/C17H19NO4/c1-11(12-6-7-12)18-16(19)10-22-17(20)14-8-13-4-2-3-5-15(13)21-9-14/h2-5,8,11-12H,6-7,9-10H2,1H3,(H,18,19)/t11-/m0/s1. The maximum atomic E-state index is 12.0. The number of nitrogens with one attached hydrogen (secondary N) is 1. The minimum absolute atomic E-state index is 0.148. The normalized spacial score (nSPS) is 17.6. The van der Waals surface area contributed by atoms with Gasteiger partial charge in [-0.2, -0.15) is 0 Å². The third-order valence-electron chi connectivity index (χ3n) is 3.95. The smallest absolute Gasteiger partial charge is 0.338 e. The molecular formula is C17H19NO4. The number of amides is 1. The quantitative estimate of drug-likeness (QED) is 0.844. The Hall–Kier alpha value is -2.30. The van der Waals surface area contributed by atoms with E-state index in [2.05, 4.69) is 5.32 Å². The predicted molar refractivity (Wildman–Crippen MR) is 81.2 cm³/mol. The first kappa shape index (κ1) is 14.6. The average molecular weight is 301 g/mol. The van der Waals surface area contributed by atoms with Gasteiger partial charge in [0.2, 0.25) is 0 Å². The number of hydrogen-bond acceptors (Lipinski definition) is 4. The summed E-state index contributed by atoms with van der Waals surface area (Å²) in [5.74, 6) is 0.551. The van der Waals surface area contributed by atoms with Crippen molar-refractivity contribution in [3.8, 4) is 5.75 Å². The molecule has 0 spiro atoms. The molecule has 0 aromatic heterocycles. The summed E-state index contributed by atoms with van der Waals surface area (Å²) in [5.41, 5.74) is 1.26. The lowest BCUT2D eigenvalue weighted by atomic mass is 10.1. The van der Waals surface area contributed by atoms with Crippen molar-refractivity contribution in [2.24, 2.45) is 5.92 Å². The Bertz CT molecular complexity index is 619. The summed E-state index contributed by atoms with van der Waals surface area (Å²) in [6.07, 6.45) is 4.06. The lowest BCUT2D eigenvalue weighted by Gasteiger charge is -2.17. The largest absolute Gasteiger partial charge is 0.488 e. The van der Waals surface area contributed by atoms with Crippen molar-refractivity contribution in [3.63, 3.8) is 0 Å². The second-order valence-electron chi connectivity index (χ2n) is 5.77. The van der Waals surface area contributed by atoms with Gasteiger partial charge in [0.1, 0.15) is 12.4 Å². The zero-order valence-corrected chi connectivity index (χ0v) is 12.5. The summed E-state index contributed by atoms with van der Waals surface area (Å²) in [6, 6.07) is 7.61. The third kappa shape index (κ3) is 3.47. The second kappa shape index (κ2) is 6.22. The van der Waals surface area contributed by atoms with E-state index in [1.165, 1.54) is 0 Å². The van der Waals surface area contributed by atoms with Crippen molar-refractivity contribution in [1.29, 1.82) is 0 Å². The highest BCUT2D eigenvalue weighted by Crippen LogP contribution is 2.32. The number of para-hydroxylation sites is 1. The Balaban J connectivity index is 1.52. The number of hydrogen-bond donors (Lipinski definition) is 1. The van der Waals surface area contributed by atoms with Gasteiger partial charge >= 0.3 is 5.97 Å². The Morgan fingerprint density at radius 2 is 2.14 bits per heavy atom. The SMILES string of the molecule is C[C@H](NC(=O)COC(=O)C1=Cc2ccccc2OC1)C1CC1. The molecule has 22 heavy (non-hydrogen) atoms. The zero-order chi connectivity index (χ0) is 15.5. The van der Waals surface area contributed by atoms with Crippen LogP contribution in [0.4, 0.5) is 0 Å². The van der Waals surface area contributed by atoms with Crippen LogP contribution < -0.4 is 10.1 Å². The topological polar surface area (TPSA) is 64.6 Å². The minimum atomic E-state index is -0.510. The predicted octanol–water partition coefficient (Wildman–Crippen LogP) is 1.92. The molecule has 0 unspecified atom stereocenters. The molecule has 0 saturated heterocycles. The first-order valence-corrected chi connectivity index (χ1v) is 7.52. The fraction of sp³-hybridized carbons (Fsp3) is 0.412. The van der Waals surface area contributed by atoms with Crippen LogP contribution in [0.3, 0.4) is 0 Å². The van der Waals surface area contributed by atoms with Gasteiger partial charge in [-0.05, 0) is 37.8 Å². The van der Waals surface area contributed by atoms with Gasteiger partial charge in [0.15, 0.2) is 6.61 Å². The van der Waals surface area contributed by atoms with Crippen LogP contribution in [0.25, 0.3) is 6.08 Å². The van der Waals surface area contributed by atoms with Crippen LogP contribution in [0.2, 0.25) is 0 Å². The van der Waals surface area contributed by atoms with Gasteiger partial charge in [-0.15, -0.1) is 0 Å². The Morgan fingerprint density at radius 1 is 1.36 bits per heavy atom. The molecule has 1 fully saturated rings. The summed E-state index contributed by atoms with van der Waals surface area (Å²) >= 11 is 0. The fourth-order valence-electron chi connectivity index (χ4n) is 2.47. The van der Waals surface area contributed by atoms with E-state index in [0.29, 0.717) is 11.5 Å². The molecule has 1 aliphatic heterocycles. The van der Waals surface area contributed by atoms with Gasteiger partial charge in [-0.25, -0.2) is 4.79 Å². The molecular weight excluding hydrogens is 282 g/mol. The van der Waals surface area contributed by atoms with Crippen LogP contribution in [0.15, 0.2) is 29.8 Å². The van der Waals surface area contributed by atoms with Crippen LogP contribution in [0, 0.1) is 5.92 Å². The Labute approximate surface area is 129 Å². The van der Waals surface area contributed by atoms with Crippen LogP contribution in [-0.4, -0.2) is 31.1 Å². The molecule has 0 bridgehead atoms. The van der Waals surface area contributed by atoms with Gasteiger partial charge in [0, 0.05) is 11.6 Å². The van der Waals surface area contributed by atoms with E-state index >= 15 is 0 Å². The Morgan fingerprint density at radius 3 is 2.91 bits per heavy atom. The minimum Gasteiger partial charge on any atom is -0.488 e. The van der Waals surface area contributed by atoms with Crippen molar-refractivity contribution in [2.75, 3.05) is 13.2 Å². The molecule has 5 heteroatoms. The highest BCUT2D eigenvalue weighted by Gasteiger charge is 2.29. The molecule has 116 valence electrons. The number of esters is 1. The number of carbonyl (C=O) groups excluding carboxylic acids is 2. The van der Waals surface area contributed by atoms with Gasteiger partial charge < -0.3 is 14.8 Å². The number of fused-ring (bicyclic) bond motifs is 1. The van der Waals surface area contributed by atoms with E-state index < -0.39 is 5.97 Å². The van der Waals surface area contributed by atoms with Gasteiger partial charge in [-0.1, -0.05) is 18.2 Å². The third-order valence-corrected chi connectivity index (χ3v) is 3.95. The van der Waals surface area contributed by atoms with Crippen molar-refractivity contribution >= 4 is 18.0 Å². The van der Waals surface area contributed by atoms with E-state index in [9.17, 15) is 9.59 Å². The molecule has 1 N–H and O–H groups in total. The highest BCUT2D eigenvalue weighted by molar-refractivity contribution is 5.96. The molecule has 5 nitrogen and oxygen atoms in total. The summed E-state index contributed by atoms with van der Waals surface area (Å²) in [4.78, 5) is 23.7. The van der Waals surface area contributed by atoms with Crippen LogP contribution in [-0.2, 0) is 14.3 Å². The van der Waals surface area contributed by atoms with Crippen molar-refractivity contribution in [1.82, 2.24) is 5.32 Å². The molecule has 2 aliphatic rings. The first-order valence-electron chi connectivity index (χ1n) is 7.52. The van der Waals surface area contributed by atoms with Crippen molar-refractivity contribution in [2.45, 2.75) is 25.8 Å². The molecule has 1 saturated carbocycles. The molecule has 1 amide bonds. The summed E-state index contributed by atoms with van der Waals surface area (Å²) in [5, 5.41) is 2.85. The van der Waals surface area contributed by atoms with Crippen LogP contribution in [0.1, 0.15) is 25.3 Å². The second-order valence-corrected chi connectivity index (χ2v) is 5.77.